The van der Waals surface area contributed by atoms with Crippen molar-refractivity contribution in [2.45, 2.75) is 18.7 Å². The summed E-state index contributed by atoms with van der Waals surface area (Å²) in [6, 6.07) is 5.89. The smallest absolute Gasteiger partial charge is 0.421 e. The molecule has 0 radical (unpaired) electrons. The fourth-order valence-corrected chi connectivity index (χ4v) is 1.81. The van der Waals surface area contributed by atoms with Crippen LogP contribution in [0.4, 0.5) is 18.9 Å². The summed E-state index contributed by atoms with van der Waals surface area (Å²) in [4.78, 5) is 5.75. The van der Waals surface area contributed by atoms with Crippen molar-refractivity contribution in [3.8, 4) is 0 Å². The summed E-state index contributed by atoms with van der Waals surface area (Å²) < 4.78 is 75.0. The molecular formula is C13H17F3N2O6S. The molecule has 142 valence electrons. The van der Waals surface area contributed by atoms with E-state index in [1.807, 2.05) is 0 Å². The van der Waals surface area contributed by atoms with Crippen LogP contribution in [-0.2, 0) is 20.7 Å². The van der Waals surface area contributed by atoms with Crippen molar-refractivity contribution in [2.24, 2.45) is 4.99 Å². The topological polar surface area (TPSA) is 120 Å². The minimum Gasteiger partial charge on any atom is -0.463 e. The maximum atomic E-state index is 12.7. The number of halogens is 3. The standard InChI is InChI=1S/C13H15F3N2O2.H2O4S/c1-12(19,13(14,15)16)9-3-5-10(6-4-9)18(2)11-17-7-8-20-11;1-5(2,3)4/h3-6,19H,7-8H2,1-2H3;(H2,1,2,3,4). The van der Waals surface area contributed by atoms with Gasteiger partial charge in [-0.1, -0.05) is 12.1 Å². The minimum absolute atomic E-state index is 0.212. The van der Waals surface area contributed by atoms with E-state index in [0.29, 0.717) is 24.9 Å². The molecule has 3 N–H and O–H groups in total. The molecule has 0 fully saturated rings. The number of ether oxygens (including phenoxy) is 1. The Morgan fingerprint density at radius 1 is 1.20 bits per heavy atom. The van der Waals surface area contributed by atoms with Crippen LogP contribution in [-0.4, -0.2) is 55.0 Å². The van der Waals surface area contributed by atoms with Gasteiger partial charge in [-0.05, 0) is 24.6 Å². The summed E-state index contributed by atoms with van der Waals surface area (Å²) in [7, 11) is -2.96. The van der Waals surface area contributed by atoms with E-state index < -0.39 is 22.2 Å². The maximum absolute atomic E-state index is 12.7. The van der Waals surface area contributed by atoms with Gasteiger partial charge in [-0.3, -0.25) is 14.0 Å². The van der Waals surface area contributed by atoms with Gasteiger partial charge in [0.15, 0.2) is 5.60 Å². The van der Waals surface area contributed by atoms with Crippen molar-refractivity contribution >= 4 is 22.1 Å². The van der Waals surface area contributed by atoms with Crippen LogP contribution in [0.5, 0.6) is 0 Å². The van der Waals surface area contributed by atoms with E-state index in [1.165, 1.54) is 24.3 Å². The monoisotopic (exact) mass is 386 g/mol. The average Bonchev–Trinajstić information content (AvgIpc) is 2.98. The fraction of sp³-hybridized carbons (Fsp3) is 0.462. The Morgan fingerprint density at radius 2 is 1.68 bits per heavy atom. The van der Waals surface area contributed by atoms with Crippen LogP contribution in [0.25, 0.3) is 0 Å². The molecule has 8 nitrogen and oxygen atoms in total. The highest BCUT2D eigenvalue weighted by molar-refractivity contribution is 7.79. The lowest BCUT2D eigenvalue weighted by molar-refractivity contribution is -0.258. The Hall–Kier alpha value is -1.89. The van der Waals surface area contributed by atoms with Crippen LogP contribution < -0.4 is 4.90 Å². The van der Waals surface area contributed by atoms with Crippen molar-refractivity contribution < 1.29 is 40.5 Å². The lowest BCUT2D eigenvalue weighted by Crippen LogP contribution is -2.39. The molecule has 0 saturated heterocycles. The molecule has 12 heteroatoms. The zero-order valence-electron chi connectivity index (χ0n) is 13.2. The summed E-state index contributed by atoms with van der Waals surface area (Å²) in [6.45, 7) is 1.80. The highest BCUT2D eigenvalue weighted by atomic mass is 32.3. The van der Waals surface area contributed by atoms with Crippen molar-refractivity contribution in [3.63, 3.8) is 0 Å². The number of alkyl halides is 3. The normalized spacial score (nSPS) is 16.9. The molecule has 1 heterocycles. The largest absolute Gasteiger partial charge is 0.463 e. The van der Waals surface area contributed by atoms with Crippen LogP contribution >= 0.6 is 0 Å². The molecule has 0 saturated carbocycles. The molecule has 0 aliphatic carbocycles. The molecule has 1 atom stereocenters. The Labute approximate surface area is 142 Å². The van der Waals surface area contributed by atoms with E-state index in [1.54, 1.807) is 11.9 Å². The van der Waals surface area contributed by atoms with Crippen LogP contribution in [0.3, 0.4) is 0 Å². The highest BCUT2D eigenvalue weighted by Gasteiger charge is 2.51. The molecule has 2 rings (SSSR count). The van der Waals surface area contributed by atoms with Crippen LogP contribution in [0.1, 0.15) is 12.5 Å². The number of aliphatic hydroxyl groups is 1. The van der Waals surface area contributed by atoms with Gasteiger partial charge < -0.3 is 9.84 Å². The van der Waals surface area contributed by atoms with E-state index in [0.717, 1.165) is 6.92 Å². The van der Waals surface area contributed by atoms with Crippen LogP contribution in [0.15, 0.2) is 29.3 Å². The van der Waals surface area contributed by atoms with Gasteiger partial charge in [-0.25, -0.2) is 4.99 Å². The summed E-state index contributed by atoms with van der Waals surface area (Å²) in [5.74, 6) is 0. The molecule has 0 bridgehead atoms. The van der Waals surface area contributed by atoms with E-state index >= 15 is 0 Å². The second kappa shape index (κ2) is 7.56. The Balaban J connectivity index is 0.000000550. The predicted octanol–water partition coefficient (Wildman–Crippen LogP) is 1.63. The SMILES string of the molecule is CN(C1=NCCO1)c1ccc(C(C)(O)C(F)(F)F)cc1.O=S(=O)(O)O. The predicted molar refractivity (Wildman–Crippen MR) is 82.9 cm³/mol. The lowest BCUT2D eigenvalue weighted by atomic mass is 9.95. The Bertz CT molecular complexity index is 708. The second-order valence-electron chi connectivity index (χ2n) is 5.14. The number of benzene rings is 1. The van der Waals surface area contributed by atoms with Gasteiger partial charge in [-0.2, -0.15) is 21.6 Å². The van der Waals surface area contributed by atoms with Gasteiger partial charge in [0.2, 0.25) is 0 Å². The zero-order valence-corrected chi connectivity index (χ0v) is 14.0. The minimum atomic E-state index is -4.72. The summed E-state index contributed by atoms with van der Waals surface area (Å²) >= 11 is 0. The molecule has 0 amide bonds. The van der Waals surface area contributed by atoms with E-state index in [-0.39, 0.29) is 5.56 Å². The molecule has 0 aromatic heterocycles. The summed E-state index contributed by atoms with van der Waals surface area (Å²) in [6.07, 6.45) is -4.72. The number of hydrogen-bond acceptors (Lipinski definition) is 6. The molecule has 1 aromatic rings. The van der Waals surface area contributed by atoms with E-state index in [2.05, 4.69) is 4.99 Å². The van der Waals surface area contributed by atoms with Gasteiger partial charge in [-0.15, -0.1) is 0 Å². The number of hydrogen-bond donors (Lipinski definition) is 3. The first kappa shape index (κ1) is 21.2. The van der Waals surface area contributed by atoms with Gasteiger partial charge >= 0.3 is 16.6 Å². The molecule has 1 aliphatic rings. The molecule has 0 spiro atoms. The first-order valence-electron chi connectivity index (χ1n) is 6.74. The first-order chi connectivity index (χ1) is 11.2. The van der Waals surface area contributed by atoms with Crippen LogP contribution in [0.2, 0.25) is 0 Å². The summed E-state index contributed by atoms with van der Waals surface area (Å²) in [5.41, 5.74) is -2.45. The highest BCUT2D eigenvalue weighted by Crippen LogP contribution is 2.38. The van der Waals surface area contributed by atoms with Crippen molar-refractivity contribution in [1.29, 1.82) is 0 Å². The van der Waals surface area contributed by atoms with Gasteiger partial charge in [0, 0.05) is 12.7 Å². The zero-order chi connectivity index (χ0) is 19.5. The van der Waals surface area contributed by atoms with Gasteiger partial charge in [0.05, 0.1) is 6.54 Å². The Morgan fingerprint density at radius 3 is 2.04 bits per heavy atom. The van der Waals surface area contributed by atoms with Gasteiger partial charge in [0.25, 0.3) is 6.02 Å². The van der Waals surface area contributed by atoms with E-state index in [4.69, 9.17) is 22.3 Å². The Kier molecular flexibility index (Phi) is 6.39. The number of rotatable bonds is 2. The summed E-state index contributed by atoms with van der Waals surface area (Å²) in [5, 5.41) is 9.58. The molecular weight excluding hydrogens is 369 g/mol. The molecule has 1 unspecified atom stereocenters. The molecule has 1 aliphatic heterocycles. The van der Waals surface area contributed by atoms with Crippen molar-refractivity contribution in [1.82, 2.24) is 0 Å². The van der Waals surface area contributed by atoms with Crippen molar-refractivity contribution in [2.75, 3.05) is 25.1 Å². The van der Waals surface area contributed by atoms with Crippen LogP contribution in [0, 0.1) is 0 Å². The third kappa shape index (κ3) is 6.16. The maximum Gasteiger partial charge on any atom is 0.421 e. The number of aliphatic imine (C=N–C) groups is 1. The second-order valence-corrected chi connectivity index (χ2v) is 6.03. The third-order valence-electron chi connectivity index (χ3n) is 3.23. The first-order valence-corrected chi connectivity index (χ1v) is 8.13. The number of anilines is 1. The lowest BCUT2D eigenvalue weighted by Gasteiger charge is -2.27. The molecule has 25 heavy (non-hydrogen) atoms. The number of nitrogens with zero attached hydrogens (tertiary/aromatic N) is 2. The third-order valence-corrected chi connectivity index (χ3v) is 3.23. The molecule has 1 aromatic carbocycles. The number of amidine groups is 1. The quantitative estimate of drug-likeness (QED) is 0.661. The average molecular weight is 386 g/mol. The van der Waals surface area contributed by atoms with E-state index in [9.17, 15) is 18.3 Å². The van der Waals surface area contributed by atoms with Crippen molar-refractivity contribution in [3.05, 3.63) is 29.8 Å². The van der Waals surface area contributed by atoms with Gasteiger partial charge in [0.1, 0.15) is 6.61 Å². The fourth-order valence-electron chi connectivity index (χ4n) is 1.81.